The lowest BCUT2D eigenvalue weighted by Crippen LogP contribution is -2.03. The lowest BCUT2D eigenvalue weighted by atomic mass is 10.2. The van der Waals surface area contributed by atoms with Crippen molar-refractivity contribution in [3.8, 4) is 11.5 Å². The van der Waals surface area contributed by atoms with E-state index in [1.807, 2.05) is 18.2 Å². The summed E-state index contributed by atoms with van der Waals surface area (Å²) in [7, 11) is 3.20. The highest BCUT2D eigenvalue weighted by Gasteiger charge is 2.10. The zero-order valence-electron chi connectivity index (χ0n) is 10.3. The SMILES string of the molecule is COc1cccc(Cn2cc(C=O)cn2)c1OC. The van der Waals surface area contributed by atoms with Crippen molar-refractivity contribution in [2.75, 3.05) is 14.2 Å². The Morgan fingerprint density at radius 1 is 1.33 bits per heavy atom. The summed E-state index contributed by atoms with van der Waals surface area (Å²) in [5.41, 5.74) is 1.49. The van der Waals surface area contributed by atoms with Crippen LogP contribution in [0.3, 0.4) is 0 Å². The Hall–Kier alpha value is -2.30. The molecule has 0 saturated heterocycles. The molecule has 2 aromatic rings. The van der Waals surface area contributed by atoms with Crippen molar-refractivity contribution < 1.29 is 14.3 Å². The van der Waals surface area contributed by atoms with Crippen molar-refractivity contribution in [3.63, 3.8) is 0 Å². The number of hydrogen-bond donors (Lipinski definition) is 0. The minimum atomic E-state index is 0.522. The normalized spacial score (nSPS) is 10.1. The Morgan fingerprint density at radius 2 is 2.17 bits per heavy atom. The molecule has 2 rings (SSSR count). The Morgan fingerprint density at radius 3 is 2.78 bits per heavy atom. The summed E-state index contributed by atoms with van der Waals surface area (Å²) in [5.74, 6) is 1.36. The molecule has 94 valence electrons. The topological polar surface area (TPSA) is 53.4 Å². The predicted octanol–water partition coefficient (Wildman–Crippen LogP) is 1.76. The average Bonchev–Trinajstić information content (AvgIpc) is 2.86. The van der Waals surface area contributed by atoms with E-state index in [1.54, 1.807) is 25.1 Å². The summed E-state index contributed by atoms with van der Waals surface area (Å²) in [6, 6.07) is 5.66. The Labute approximate surface area is 105 Å². The summed E-state index contributed by atoms with van der Waals surface area (Å²) < 4.78 is 12.2. The molecule has 0 radical (unpaired) electrons. The van der Waals surface area contributed by atoms with E-state index in [1.165, 1.54) is 6.20 Å². The van der Waals surface area contributed by atoms with Crippen LogP contribution in [0.4, 0.5) is 0 Å². The van der Waals surface area contributed by atoms with E-state index in [-0.39, 0.29) is 0 Å². The summed E-state index contributed by atoms with van der Waals surface area (Å²) >= 11 is 0. The molecule has 1 heterocycles. The van der Waals surface area contributed by atoms with Gasteiger partial charge >= 0.3 is 0 Å². The van der Waals surface area contributed by atoms with E-state index < -0.39 is 0 Å². The first-order valence-corrected chi connectivity index (χ1v) is 5.46. The van der Waals surface area contributed by atoms with Gasteiger partial charge in [0.15, 0.2) is 17.8 Å². The highest BCUT2D eigenvalue weighted by atomic mass is 16.5. The standard InChI is InChI=1S/C13H14N2O3/c1-17-12-5-3-4-11(13(12)18-2)8-15-7-10(9-16)6-14-15/h3-7,9H,8H2,1-2H3. The number of methoxy groups -OCH3 is 2. The zero-order valence-corrected chi connectivity index (χ0v) is 10.3. The molecular formula is C13H14N2O3. The van der Waals surface area contributed by atoms with Crippen LogP contribution in [0.1, 0.15) is 15.9 Å². The molecule has 0 bridgehead atoms. The van der Waals surface area contributed by atoms with Crippen LogP contribution in [-0.2, 0) is 6.54 Å². The largest absolute Gasteiger partial charge is 0.493 e. The average molecular weight is 246 g/mol. The predicted molar refractivity (Wildman–Crippen MR) is 66.3 cm³/mol. The van der Waals surface area contributed by atoms with Gasteiger partial charge in [0.2, 0.25) is 0 Å². The van der Waals surface area contributed by atoms with Gasteiger partial charge in [-0.25, -0.2) is 0 Å². The van der Waals surface area contributed by atoms with Crippen LogP contribution >= 0.6 is 0 Å². The zero-order chi connectivity index (χ0) is 13.0. The fourth-order valence-electron chi connectivity index (χ4n) is 1.78. The van der Waals surface area contributed by atoms with Crippen LogP contribution in [0.2, 0.25) is 0 Å². The van der Waals surface area contributed by atoms with Crippen LogP contribution in [-0.4, -0.2) is 30.3 Å². The van der Waals surface area contributed by atoms with Gasteiger partial charge in [0.1, 0.15) is 0 Å². The highest BCUT2D eigenvalue weighted by Crippen LogP contribution is 2.30. The number of rotatable bonds is 5. The quantitative estimate of drug-likeness (QED) is 0.754. The van der Waals surface area contributed by atoms with Gasteiger partial charge in [0.25, 0.3) is 0 Å². The lowest BCUT2D eigenvalue weighted by molar-refractivity contribution is 0.112. The molecular weight excluding hydrogens is 232 g/mol. The van der Waals surface area contributed by atoms with Crippen LogP contribution in [0.25, 0.3) is 0 Å². The van der Waals surface area contributed by atoms with E-state index in [4.69, 9.17) is 9.47 Å². The third kappa shape index (κ3) is 2.34. The van der Waals surface area contributed by atoms with Gasteiger partial charge in [-0.3, -0.25) is 9.48 Å². The number of carbonyl (C=O) groups is 1. The minimum Gasteiger partial charge on any atom is -0.493 e. The number of nitrogens with zero attached hydrogens (tertiary/aromatic N) is 2. The molecule has 1 aromatic heterocycles. The third-order valence-electron chi connectivity index (χ3n) is 2.61. The Bertz CT molecular complexity index is 549. The molecule has 5 nitrogen and oxygen atoms in total. The van der Waals surface area contributed by atoms with Crippen LogP contribution in [0.5, 0.6) is 11.5 Å². The second-order valence-corrected chi connectivity index (χ2v) is 3.74. The molecule has 1 aromatic carbocycles. The molecule has 0 saturated carbocycles. The number of para-hydroxylation sites is 1. The number of ether oxygens (including phenoxy) is 2. The van der Waals surface area contributed by atoms with Crippen molar-refractivity contribution in [2.24, 2.45) is 0 Å². The maximum atomic E-state index is 10.6. The fraction of sp³-hybridized carbons (Fsp3) is 0.231. The first-order valence-electron chi connectivity index (χ1n) is 5.46. The maximum Gasteiger partial charge on any atom is 0.165 e. The minimum absolute atomic E-state index is 0.522. The molecule has 18 heavy (non-hydrogen) atoms. The molecule has 0 atom stereocenters. The van der Waals surface area contributed by atoms with Crippen LogP contribution in [0.15, 0.2) is 30.6 Å². The molecule has 0 fully saturated rings. The van der Waals surface area contributed by atoms with Gasteiger partial charge in [-0.05, 0) is 6.07 Å². The second-order valence-electron chi connectivity index (χ2n) is 3.74. The summed E-state index contributed by atoms with van der Waals surface area (Å²) in [4.78, 5) is 10.6. The van der Waals surface area contributed by atoms with Crippen molar-refractivity contribution in [3.05, 3.63) is 41.7 Å². The molecule has 0 aliphatic heterocycles. The van der Waals surface area contributed by atoms with E-state index in [0.717, 1.165) is 11.8 Å². The van der Waals surface area contributed by atoms with Crippen molar-refractivity contribution >= 4 is 6.29 Å². The monoisotopic (exact) mass is 246 g/mol. The number of carbonyl (C=O) groups excluding carboxylic acids is 1. The van der Waals surface area contributed by atoms with Gasteiger partial charge < -0.3 is 9.47 Å². The highest BCUT2D eigenvalue weighted by molar-refractivity contribution is 5.73. The number of aldehydes is 1. The van der Waals surface area contributed by atoms with Crippen molar-refractivity contribution in [2.45, 2.75) is 6.54 Å². The Balaban J connectivity index is 2.30. The number of benzene rings is 1. The third-order valence-corrected chi connectivity index (χ3v) is 2.61. The van der Waals surface area contributed by atoms with E-state index >= 15 is 0 Å². The van der Waals surface area contributed by atoms with Gasteiger partial charge in [-0.2, -0.15) is 5.10 Å². The molecule has 0 unspecified atom stereocenters. The lowest BCUT2D eigenvalue weighted by Gasteiger charge is -2.12. The molecule has 0 aliphatic rings. The maximum absolute atomic E-state index is 10.6. The molecule has 0 amide bonds. The summed E-state index contributed by atoms with van der Waals surface area (Å²) in [6.07, 6.45) is 3.98. The molecule has 0 spiro atoms. The van der Waals surface area contributed by atoms with E-state index in [2.05, 4.69) is 5.10 Å². The molecule has 0 aliphatic carbocycles. The molecule has 0 N–H and O–H groups in total. The number of hydrogen-bond acceptors (Lipinski definition) is 4. The van der Waals surface area contributed by atoms with E-state index in [0.29, 0.717) is 23.6 Å². The second kappa shape index (κ2) is 5.35. The van der Waals surface area contributed by atoms with Crippen LogP contribution in [0, 0.1) is 0 Å². The first kappa shape index (κ1) is 12.2. The summed E-state index contributed by atoms with van der Waals surface area (Å²) in [5, 5.41) is 4.10. The Kier molecular flexibility index (Phi) is 3.62. The van der Waals surface area contributed by atoms with Gasteiger partial charge in [0, 0.05) is 11.8 Å². The number of aromatic nitrogens is 2. The summed E-state index contributed by atoms with van der Waals surface area (Å²) in [6.45, 7) is 0.522. The molecule has 5 heteroatoms. The van der Waals surface area contributed by atoms with Gasteiger partial charge in [-0.1, -0.05) is 12.1 Å². The van der Waals surface area contributed by atoms with Crippen LogP contribution < -0.4 is 9.47 Å². The smallest absolute Gasteiger partial charge is 0.165 e. The van der Waals surface area contributed by atoms with Crippen molar-refractivity contribution in [1.29, 1.82) is 0 Å². The van der Waals surface area contributed by atoms with Crippen molar-refractivity contribution in [1.82, 2.24) is 9.78 Å². The first-order chi connectivity index (χ1) is 8.78. The fourth-order valence-corrected chi connectivity index (χ4v) is 1.78. The van der Waals surface area contributed by atoms with E-state index in [9.17, 15) is 4.79 Å². The van der Waals surface area contributed by atoms with Gasteiger partial charge in [0.05, 0.1) is 32.5 Å². The van der Waals surface area contributed by atoms with Gasteiger partial charge in [-0.15, -0.1) is 0 Å².